The van der Waals surface area contributed by atoms with Gasteiger partial charge in [0.1, 0.15) is 18.1 Å². The van der Waals surface area contributed by atoms with Gasteiger partial charge in [-0.3, -0.25) is 8.94 Å². The van der Waals surface area contributed by atoms with Gasteiger partial charge in [-0.15, -0.1) is 0 Å². The largest absolute Gasteiger partial charge is 0.344 e. The van der Waals surface area contributed by atoms with Gasteiger partial charge in [0.25, 0.3) is 10.1 Å². The Balaban J connectivity index is 0. The van der Waals surface area contributed by atoms with E-state index in [1.165, 1.54) is 0 Å². The molecule has 4 N–H and O–H groups in total. The third-order valence-electron chi connectivity index (χ3n) is 2.63. The first kappa shape index (κ1) is 21.0. The van der Waals surface area contributed by atoms with Gasteiger partial charge in [0.15, 0.2) is 0 Å². The minimum absolute atomic E-state index is 0. The predicted molar refractivity (Wildman–Crippen MR) is 69.5 cm³/mol. The normalized spacial score (nSPS) is 14.7. The molecular formula is C11H24F3NO3S. The lowest BCUT2D eigenvalue weighted by Crippen LogP contribution is -2.26. The van der Waals surface area contributed by atoms with E-state index in [0.29, 0.717) is 19.3 Å². The Hall–Kier alpha value is -0.340. The fourth-order valence-corrected chi connectivity index (χ4v) is 2.24. The van der Waals surface area contributed by atoms with Gasteiger partial charge in [-0.05, 0) is 12.8 Å². The summed E-state index contributed by atoms with van der Waals surface area (Å²) >= 11 is 0. The van der Waals surface area contributed by atoms with Crippen molar-refractivity contribution in [2.24, 2.45) is 0 Å². The first-order valence-electron chi connectivity index (χ1n) is 6.16. The minimum Gasteiger partial charge on any atom is -0.344 e. The quantitative estimate of drug-likeness (QED) is 0.452. The Morgan fingerprint density at radius 2 is 1.37 bits per heavy atom. The molecule has 4 nitrogen and oxygen atoms in total. The van der Waals surface area contributed by atoms with Gasteiger partial charge in [-0.25, -0.2) is 8.78 Å². The maximum atomic E-state index is 13.2. The average molecular weight is 307 g/mol. The molecule has 0 aliphatic heterocycles. The van der Waals surface area contributed by atoms with Gasteiger partial charge in [-0.1, -0.05) is 32.1 Å². The molecule has 0 aromatic carbocycles. The molecule has 0 fully saturated rings. The molecule has 0 aliphatic carbocycles. The Bertz CT molecular complexity index is 302. The van der Waals surface area contributed by atoms with Gasteiger partial charge in [0.05, 0.1) is 6.67 Å². The zero-order valence-electron chi connectivity index (χ0n) is 11.0. The maximum absolute atomic E-state index is 13.2. The van der Waals surface area contributed by atoms with E-state index in [0.717, 1.165) is 19.3 Å². The van der Waals surface area contributed by atoms with Crippen LogP contribution in [0.25, 0.3) is 0 Å². The molecule has 8 heteroatoms. The standard InChI is InChI=1S/C11H21F3O3S.H3N/c12-8-6-4-2-1-3-5-7-10(13)11(14)9-18(15,16)17;/h10-11H,1-9H2,(H,15,16,17);1H3. The first-order valence-corrected chi connectivity index (χ1v) is 7.77. The molecule has 2 unspecified atom stereocenters. The van der Waals surface area contributed by atoms with E-state index in [-0.39, 0.29) is 19.2 Å². The summed E-state index contributed by atoms with van der Waals surface area (Å²) in [5.41, 5.74) is 0. The Kier molecular flexibility index (Phi) is 12.7. The van der Waals surface area contributed by atoms with Crippen molar-refractivity contribution in [2.45, 2.75) is 57.3 Å². The second kappa shape index (κ2) is 11.5. The number of hydrogen-bond donors (Lipinski definition) is 2. The first-order chi connectivity index (χ1) is 8.37. The van der Waals surface area contributed by atoms with Crippen molar-refractivity contribution in [3.05, 3.63) is 0 Å². The monoisotopic (exact) mass is 307 g/mol. The van der Waals surface area contributed by atoms with Crippen LogP contribution < -0.4 is 6.15 Å². The summed E-state index contributed by atoms with van der Waals surface area (Å²) in [6, 6.07) is 0. The van der Waals surface area contributed by atoms with Crippen LogP contribution >= 0.6 is 0 Å². The molecule has 0 amide bonds. The van der Waals surface area contributed by atoms with Crippen molar-refractivity contribution in [1.29, 1.82) is 0 Å². The molecule has 0 aromatic heterocycles. The lowest BCUT2D eigenvalue weighted by atomic mass is 10.1. The van der Waals surface area contributed by atoms with E-state index < -0.39 is 28.2 Å². The van der Waals surface area contributed by atoms with Gasteiger partial charge in [-0.2, -0.15) is 8.42 Å². The van der Waals surface area contributed by atoms with Crippen molar-refractivity contribution in [1.82, 2.24) is 6.15 Å². The third kappa shape index (κ3) is 13.9. The van der Waals surface area contributed by atoms with E-state index in [1.807, 2.05) is 0 Å². The van der Waals surface area contributed by atoms with Crippen molar-refractivity contribution in [2.75, 3.05) is 12.4 Å². The van der Waals surface area contributed by atoms with Gasteiger partial charge >= 0.3 is 0 Å². The number of alkyl halides is 3. The SMILES string of the molecule is N.O=S(=O)(O)CC(F)C(F)CCCCCCCCF. The summed E-state index contributed by atoms with van der Waals surface area (Å²) in [6.45, 7) is -0.328. The van der Waals surface area contributed by atoms with Crippen LogP contribution in [0.3, 0.4) is 0 Å². The number of hydrogen-bond acceptors (Lipinski definition) is 3. The van der Waals surface area contributed by atoms with E-state index in [9.17, 15) is 21.6 Å². The number of rotatable bonds is 11. The fourth-order valence-electron chi connectivity index (χ4n) is 1.63. The second-order valence-corrected chi connectivity index (χ2v) is 5.88. The molecule has 0 saturated carbocycles. The molecule has 0 bridgehead atoms. The summed E-state index contributed by atoms with van der Waals surface area (Å²) in [5.74, 6) is -1.19. The zero-order chi connectivity index (χ0) is 14.0. The maximum Gasteiger partial charge on any atom is 0.267 e. The zero-order valence-corrected chi connectivity index (χ0v) is 11.8. The molecule has 0 aliphatic rings. The highest BCUT2D eigenvalue weighted by Crippen LogP contribution is 2.15. The minimum atomic E-state index is -4.46. The Labute approximate surface area is 113 Å². The van der Waals surface area contributed by atoms with E-state index in [2.05, 4.69) is 0 Å². The van der Waals surface area contributed by atoms with E-state index in [1.54, 1.807) is 0 Å². The second-order valence-electron chi connectivity index (χ2n) is 4.38. The number of halogens is 3. The summed E-state index contributed by atoms with van der Waals surface area (Å²) in [7, 11) is -4.46. The lowest BCUT2D eigenvalue weighted by molar-refractivity contribution is 0.169. The molecule has 118 valence electrons. The van der Waals surface area contributed by atoms with Crippen LogP contribution in [-0.2, 0) is 10.1 Å². The Morgan fingerprint density at radius 1 is 0.895 bits per heavy atom. The van der Waals surface area contributed by atoms with E-state index in [4.69, 9.17) is 4.55 Å². The van der Waals surface area contributed by atoms with Crippen molar-refractivity contribution >= 4 is 10.1 Å². The topological polar surface area (TPSA) is 89.4 Å². The van der Waals surface area contributed by atoms with Crippen molar-refractivity contribution < 1.29 is 26.1 Å². The predicted octanol–water partition coefficient (Wildman–Crippen LogP) is 3.41. The summed E-state index contributed by atoms with van der Waals surface area (Å²) in [5, 5.41) is 0. The summed E-state index contributed by atoms with van der Waals surface area (Å²) in [4.78, 5) is 0. The van der Waals surface area contributed by atoms with Gasteiger partial charge in [0, 0.05) is 0 Å². The van der Waals surface area contributed by atoms with Crippen LogP contribution in [0, 0.1) is 0 Å². The molecule has 19 heavy (non-hydrogen) atoms. The molecule has 0 spiro atoms. The third-order valence-corrected chi connectivity index (χ3v) is 3.37. The highest BCUT2D eigenvalue weighted by atomic mass is 32.2. The summed E-state index contributed by atoms with van der Waals surface area (Å²) in [6.07, 6.45) is 0.113. The molecule has 0 saturated heterocycles. The highest BCUT2D eigenvalue weighted by molar-refractivity contribution is 7.85. The Morgan fingerprint density at radius 3 is 1.84 bits per heavy atom. The molecule has 0 aromatic rings. The van der Waals surface area contributed by atoms with Gasteiger partial charge < -0.3 is 6.15 Å². The molecular weight excluding hydrogens is 283 g/mol. The fraction of sp³-hybridized carbons (Fsp3) is 1.00. The molecule has 0 radical (unpaired) electrons. The van der Waals surface area contributed by atoms with Gasteiger partial charge in [0.2, 0.25) is 0 Å². The number of unbranched alkanes of at least 4 members (excludes halogenated alkanes) is 5. The molecule has 0 rings (SSSR count). The van der Waals surface area contributed by atoms with Crippen LogP contribution in [0.1, 0.15) is 44.9 Å². The van der Waals surface area contributed by atoms with Crippen LogP contribution in [-0.4, -0.2) is 37.7 Å². The average Bonchev–Trinajstić information content (AvgIpc) is 2.25. The van der Waals surface area contributed by atoms with Crippen molar-refractivity contribution in [3.8, 4) is 0 Å². The van der Waals surface area contributed by atoms with Crippen LogP contribution in [0.15, 0.2) is 0 Å². The highest BCUT2D eigenvalue weighted by Gasteiger charge is 2.25. The van der Waals surface area contributed by atoms with E-state index >= 15 is 0 Å². The smallest absolute Gasteiger partial charge is 0.267 e. The lowest BCUT2D eigenvalue weighted by Gasteiger charge is -2.11. The van der Waals surface area contributed by atoms with Crippen LogP contribution in [0.4, 0.5) is 13.2 Å². The molecule has 0 heterocycles. The molecule has 2 atom stereocenters. The van der Waals surface area contributed by atoms with Crippen LogP contribution in [0.5, 0.6) is 0 Å². The van der Waals surface area contributed by atoms with Crippen molar-refractivity contribution in [3.63, 3.8) is 0 Å². The van der Waals surface area contributed by atoms with Crippen LogP contribution in [0.2, 0.25) is 0 Å². The summed E-state index contributed by atoms with van der Waals surface area (Å²) < 4.78 is 67.0.